The predicted octanol–water partition coefficient (Wildman–Crippen LogP) is 2.35. The van der Waals surface area contributed by atoms with Crippen molar-refractivity contribution in [3.63, 3.8) is 0 Å². The van der Waals surface area contributed by atoms with Gasteiger partial charge in [-0.3, -0.25) is 4.98 Å². The lowest BCUT2D eigenvalue weighted by Crippen LogP contribution is -2.13. The van der Waals surface area contributed by atoms with Crippen molar-refractivity contribution in [2.24, 2.45) is 0 Å². The summed E-state index contributed by atoms with van der Waals surface area (Å²) >= 11 is 0. The van der Waals surface area contributed by atoms with Crippen LogP contribution in [0.15, 0.2) is 36.5 Å². The maximum absolute atomic E-state index is 4.40. The first-order valence-electron chi connectivity index (χ1n) is 5.35. The molecule has 1 aromatic heterocycles. The number of pyridine rings is 1. The molecule has 0 aliphatic rings. The molecule has 2 nitrogen and oxygen atoms in total. The predicted molar refractivity (Wildman–Crippen MR) is 66.9 cm³/mol. The Labute approximate surface area is 95.7 Å². The van der Waals surface area contributed by atoms with Gasteiger partial charge in [0.1, 0.15) is 0 Å². The number of benzene rings is 1. The van der Waals surface area contributed by atoms with E-state index < -0.39 is 0 Å². The summed E-state index contributed by atoms with van der Waals surface area (Å²) in [4.78, 5) is 4.40. The fraction of sp³-hybridized carbons (Fsp3) is 0.214. The number of fused-ring (bicyclic) bond motifs is 1. The quantitative estimate of drug-likeness (QED) is 0.621. The molecule has 0 unspecified atom stereocenters. The molecular formula is C14H14N2. The maximum atomic E-state index is 4.40. The Bertz CT molecular complexity index is 530. The fourth-order valence-electron chi connectivity index (χ4n) is 1.66. The zero-order valence-corrected chi connectivity index (χ0v) is 9.33. The van der Waals surface area contributed by atoms with Crippen LogP contribution in [0.4, 0.5) is 0 Å². The lowest BCUT2D eigenvalue weighted by atomic mass is 10.1. The lowest BCUT2D eigenvalue weighted by molar-refractivity contribution is 0.773. The van der Waals surface area contributed by atoms with E-state index in [0.717, 1.165) is 18.6 Å². The van der Waals surface area contributed by atoms with Gasteiger partial charge in [-0.15, -0.1) is 5.92 Å². The summed E-state index contributed by atoms with van der Waals surface area (Å²) in [5.41, 5.74) is 2.29. The smallest absolute Gasteiger partial charge is 0.0746 e. The topological polar surface area (TPSA) is 24.9 Å². The Morgan fingerprint density at radius 1 is 1.25 bits per heavy atom. The van der Waals surface area contributed by atoms with Gasteiger partial charge >= 0.3 is 0 Å². The Kier molecular flexibility index (Phi) is 3.53. The highest BCUT2D eigenvalue weighted by Gasteiger charge is 1.99. The molecule has 1 aromatic carbocycles. The van der Waals surface area contributed by atoms with Gasteiger partial charge in [-0.25, -0.2) is 0 Å². The van der Waals surface area contributed by atoms with Gasteiger partial charge in [-0.2, -0.15) is 0 Å². The third kappa shape index (κ3) is 2.39. The second-order valence-electron chi connectivity index (χ2n) is 3.52. The number of hydrogen-bond acceptors (Lipinski definition) is 2. The highest BCUT2D eigenvalue weighted by molar-refractivity contribution is 5.81. The van der Waals surface area contributed by atoms with Crippen LogP contribution in [0.25, 0.3) is 10.9 Å². The summed E-state index contributed by atoms with van der Waals surface area (Å²) in [7, 11) is 0. The molecule has 80 valence electrons. The van der Waals surface area contributed by atoms with E-state index in [-0.39, 0.29) is 0 Å². The Morgan fingerprint density at radius 3 is 3.00 bits per heavy atom. The summed E-state index contributed by atoms with van der Waals surface area (Å²) in [6, 6.07) is 10.3. The summed E-state index contributed by atoms with van der Waals surface area (Å²) in [5, 5.41) is 4.46. The number of aromatic nitrogens is 1. The first-order chi connectivity index (χ1) is 7.92. The van der Waals surface area contributed by atoms with E-state index in [1.807, 2.05) is 19.2 Å². The summed E-state index contributed by atoms with van der Waals surface area (Å²) < 4.78 is 0. The zero-order valence-electron chi connectivity index (χ0n) is 9.33. The van der Waals surface area contributed by atoms with Crippen molar-refractivity contribution < 1.29 is 0 Å². The van der Waals surface area contributed by atoms with Crippen LogP contribution in [0.1, 0.15) is 12.5 Å². The van der Waals surface area contributed by atoms with Gasteiger partial charge < -0.3 is 5.32 Å². The minimum atomic E-state index is 0.722. The molecule has 0 saturated carbocycles. The monoisotopic (exact) mass is 210 g/mol. The number of rotatable bonds is 3. The molecule has 0 radical (unpaired) electrons. The van der Waals surface area contributed by atoms with Gasteiger partial charge in [-0.05, 0) is 18.6 Å². The van der Waals surface area contributed by atoms with Crippen molar-refractivity contribution >= 4 is 10.9 Å². The van der Waals surface area contributed by atoms with Gasteiger partial charge in [-0.1, -0.05) is 30.2 Å². The third-order valence-corrected chi connectivity index (χ3v) is 2.42. The van der Waals surface area contributed by atoms with Crippen LogP contribution in [0.5, 0.6) is 0 Å². The molecule has 0 atom stereocenters. The molecule has 0 fully saturated rings. The van der Waals surface area contributed by atoms with Crippen molar-refractivity contribution in [1.82, 2.24) is 10.3 Å². The molecule has 2 heteroatoms. The first-order valence-corrected chi connectivity index (χ1v) is 5.35. The summed E-state index contributed by atoms with van der Waals surface area (Å²) in [6.07, 6.45) is 1.83. The second kappa shape index (κ2) is 5.29. The molecule has 2 rings (SSSR count). The average Bonchev–Trinajstić information content (AvgIpc) is 2.35. The van der Waals surface area contributed by atoms with Crippen molar-refractivity contribution in [2.75, 3.05) is 6.54 Å². The molecule has 0 bridgehead atoms. The van der Waals surface area contributed by atoms with Crippen molar-refractivity contribution in [3.05, 3.63) is 42.1 Å². The van der Waals surface area contributed by atoms with Gasteiger partial charge in [0, 0.05) is 18.1 Å². The first kappa shape index (κ1) is 10.7. The number of para-hydroxylation sites is 1. The normalized spacial score (nSPS) is 9.81. The van der Waals surface area contributed by atoms with E-state index in [1.54, 1.807) is 0 Å². The van der Waals surface area contributed by atoms with Crippen molar-refractivity contribution in [1.29, 1.82) is 0 Å². The van der Waals surface area contributed by atoms with E-state index in [0.29, 0.717) is 0 Å². The van der Waals surface area contributed by atoms with E-state index in [4.69, 9.17) is 0 Å². The highest BCUT2D eigenvalue weighted by atomic mass is 14.8. The standard InChI is InChI=1S/C14H14N2/c1-2-3-9-15-11-13-7-4-6-12-8-5-10-16-14(12)13/h4-8,10,15H,9,11H2,1H3. The molecule has 2 aromatic rings. The van der Waals surface area contributed by atoms with Gasteiger partial charge in [0.05, 0.1) is 12.1 Å². The molecule has 0 saturated heterocycles. The number of hydrogen-bond donors (Lipinski definition) is 1. The Morgan fingerprint density at radius 2 is 2.12 bits per heavy atom. The zero-order chi connectivity index (χ0) is 11.2. The average molecular weight is 210 g/mol. The van der Waals surface area contributed by atoms with Crippen LogP contribution in [0, 0.1) is 11.8 Å². The Balaban J connectivity index is 2.19. The van der Waals surface area contributed by atoms with Crippen molar-refractivity contribution in [3.8, 4) is 11.8 Å². The van der Waals surface area contributed by atoms with Crippen LogP contribution in [-0.2, 0) is 6.54 Å². The Hall–Kier alpha value is -1.85. The molecule has 0 aliphatic heterocycles. The molecule has 1 heterocycles. The molecule has 1 N–H and O–H groups in total. The molecule has 0 amide bonds. The lowest BCUT2D eigenvalue weighted by Gasteiger charge is -2.05. The van der Waals surface area contributed by atoms with Crippen LogP contribution in [0.2, 0.25) is 0 Å². The maximum Gasteiger partial charge on any atom is 0.0746 e. The summed E-state index contributed by atoms with van der Waals surface area (Å²) in [6.45, 7) is 3.38. The number of nitrogens with one attached hydrogen (secondary N) is 1. The molecule has 0 spiro atoms. The second-order valence-corrected chi connectivity index (χ2v) is 3.52. The third-order valence-electron chi connectivity index (χ3n) is 2.42. The summed E-state index contributed by atoms with van der Waals surface area (Å²) in [5.74, 6) is 5.85. The van der Waals surface area contributed by atoms with E-state index in [9.17, 15) is 0 Å². The van der Waals surface area contributed by atoms with Crippen LogP contribution in [0.3, 0.4) is 0 Å². The number of nitrogens with zero attached hydrogens (tertiary/aromatic N) is 1. The van der Waals surface area contributed by atoms with Crippen molar-refractivity contribution in [2.45, 2.75) is 13.5 Å². The van der Waals surface area contributed by atoms with Crippen LogP contribution < -0.4 is 5.32 Å². The minimum absolute atomic E-state index is 0.722. The van der Waals surface area contributed by atoms with E-state index in [2.05, 4.69) is 46.4 Å². The van der Waals surface area contributed by atoms with Crippen LogP contribution in [-0.4, -0.2) is 11.5 Å². The minimum Gasteiger partial charge on any atom is -0.302 e. The van der Waals surface area contributed by atoms with E-state index >= 15 is 0 Å². The fourth-order valence-corrected chi connectivity index (χ4v) is 1.66. The van der Waals surface area contributed by atoms with Crippen LogP contribution >= 0.6 is 0 Å². The molecule has 16 heavy (non-hydrogen) atoms. The van der Waals surface area contributed by atoms with E-state index in [1.165, 1.54) is 10.9 Å². The molecule has 0 aliphatic carbocycles. The largest absolute Gasteiger partial charge is 0.302 e. The van der Waals surface area contributed by atoms with Gasteiger partial charge in [0.15, 0.2) is 0 Å². The highest BCUT2D eigenvalue weighted by Crippen LogP contribution is 2.15. The molecular weight excluding hydrogens is 196 g/mol. The van der Waals surface area contributed by atoms with Gasteiger partial charge in [0.2, 0.25) is 0 Å². The van der Waals surface area contributed by atoms with Gasteiger partial charge in [0.25, 0.3) is 0 Å². The SMILES string of the molecule is CC#CCNCc1cccc2cccnc12.